The van der Waals surface area contributed by atoms with Crippen LogP contribution in [0.2, 0.25) is 0 Å². The summed E-state index contributed by atoms with van der Waals surface area (Å²) in [5.41, 5.74) is 8.22. The van der Waals surface area contributed by atoms with Gasteiger partial charge in [0.1, 0.15) is 0 Å². The molecule has 0 atom stereocenters. The van der Waals surface area contributed by atoms with Gasteiger partial charge in [-0.1, -0.05) is 66.1 Å². The van der Waals surface area contributed by atoms with Crippen molar-refractivity contribution in [2.45, 2.75) is 12.8 Å². The van der Waals surface area contributed by atoms with Crippen LogP contribution in [0.4, 0.5) is 0 Å². The monoisotopic (exact) mass is 300 g/mol. The van der Waals surface area contributed by atoms with Crippen molar-refractivity contribution < 1.29 is 0 Å². The molecule has 0 saturated heterocycles. The molecule has 104 valence electrons. The predicted molar refractivity (Wildman–Crippen MR) is 96.0 cm³/mol. The van der Waals surface area contributed by atoms with Crippen molar-refractivity contribution in [2.75, 3.05) is 0 Å². The van der Waals surface area contributed by atoms with Gasteiger partial charge in [-0.3, -0.25) is 0 Å². The highest BCUT2D eigenvalue weighted by Gasteiger charge is 2.33. The van der Waals surface area contributed by atoms with Crippen LogP contribution in [0.15, 0.2) is 66.1 Å². The van der Waals surface area contributed by atoms with Crippen LogP contribution in [0.1, 0.15) is 23.1 Å². The lowest BCUT2D eigenvalue weighted by Gasteiger charge is -2.31. The maximum atomic E-state index is 6.90. The minimum absolute atomic E-state index is 0.00181. The number of halogens is 1. The molecule has 1 aliphatic carbocycles. The van der Waals surface area contributed by atoms with Crippen molar-refractivity contribution in [3.8, 4) is 0 Å². The van der Waals surface area contributed by atoms with E-state index in [1.54, 1.807) is 0 Å². The minimum Gasteiger partial charge on any atom is -0.182 e. The number of benzene rings is 3. The van der Waals surface area contributed by atoms with Gasteiger partial charge in [0.25, 0.3) is 0 Å². The molecular formula is C20H14BCl. The number of aryl methyl sites for hydroxylation is 1. The number of hydrogen-bond acceptors (Lipinski definition) is 0. The molecule has 2 aliphatic rings. The second-order valence-electron chi connectivity index (χ2n) is 6.17. The zero-order valence-corrected chi connectivity index (χ0v) is 12.9. The molecule has 0 aromatic heterocycles. The molecule has 0 N–H and O–H groups in total. The van der Waals surface area contributed by atoms with Crippen LogP contribution in [0.3, 0.4) is 0 Å². The normalized spacial score (nSPS) is 15.8. The lowest BCUT2D eigenvalue weighted by Crippen LogP contribution is -2.34. The van der Waals surface area contributed by atoms with Crippen LogP contribution in [0, 0.1) is 0 Å². The van der Waals surface area contributed by atoms with Gasteiger partial charge in [-0.25, -0.2) is 0 Å². The Hall–Kier alpha value is -1.99. The Morgan fingerprint density at radius 2 is 1.55 bits per heavy atom. The van der Waals surface area contributed by atoms with E-state index in [0.29, 0.717) is 0 Å². The van der Waals surface area contributed by atoms with E-state index in [-0.39, 0.29) is 6.13 Å². The molecule has 1 heterocycles. The molecule has 0 radical (unpaired) electrons. The smallest absolute Gasteiger partial charge is 0.182 e. The van der Waals surface area contributed by atoms with Gasteiger partial charge >= 0.3 is 6.13 Å². The Morgan fingerprint density at radius 1 is 0.773 bits per heavy atom. The van der Waals surface area contributed by atoms with Gasteiger partial charge in [0.2, 0.25) is 0 Å². The highest BCUT2D eigenvalue weighted by Crippen LogP contribution is 2.42. The van der Waals surface area contributed by atoms with Crippen LogP contribution < -0.4 is 5.46 Å². The van der Waals surface area contributed by atoms with E-state index in [1.807, 2.05) is 0 Å². The zero-order chi connectivity index (χ0) is 14.7. The van der Waals surface area contributed by atoms with Crippen molar-refractivity contribution >= 4 is 39.4 Å². The maximum absolute atomic E-state index is 6.90. The molecule has 3 aromatic carbocycles. The number of fused-ring (bicyclic) bond motifs is 3. The molecule has 0 nitrogen and oxygen atoms in total. The van der Waals surface area contributed by atoms with E-state index >= 15 is 0 Å². The molecule has 2 heteroatoms. The van der Waals surface area contributed by atoms with Crippen LogP contribution in [-0.4, -0.2) is 6.13 Å². The maximum Gasteiger partial charge on any atom is 0.312 e. The molecule has 5 rings (SSSR count). The first-order valence-electron chi connectivity index (χ1n) is 7.82. The van der Waals surface area contributed by atoms with Crippen LogP contribution in [0.5, 0.6) is 0 Å². The first-order chi connectivity index (χ1) is 10.8. The Kier molecular flexibility index (Phi) is 2.57. The summed E-state index contributed by atoms with van der Waals surface area (Å²) >= 11 is 6.90. The molecule has 0 saturated carbocycles. The van der Waals surface area contributed by atoms with Crippen molar-refractivity contribution in [1.82, 2.24) is 0 Å². The summed E-state index contributed by atoms with van der Waals surface area (Å²) in [6.07, 6.45) is 2.16. The molecule has 0 amide bonds. The summed E-state index contributed by atoms with van der Waals surface area (Å²) in [5.74, 6) is 0. The third kappa shape index (κ3) is 1.55. The minimum atomic E-state index is 0.00181. The summed E-state index contributed by atoms with van der Waals surface area (Å²) in [6, 6.07) is 21.9. The second-order valence-corrected chi connectivity index (χ2v) is 6.61. The van der Waals surface area contributed by atoms with Gasteiger partial charge in [0.05, 0.1) is 0 Å². The molecule has 0 fully saturated rings. The van der Waals surface area contributed by atoms with E-state index in [1.165, 1.54) is 44.0 Å². The largest absolute Gasteiger partial charge is 0.312 e. The average Bonchev–Trinajstić information content (AvgIpc) is 2.58. The van der Waals surface area contributed by atoms with Gasteiger partial charge in [0.15, 0.2) is 0 Å². The topological polar surface area (TPSA) is 0 Å². The van der Waals surface area contributed by atoms with Crippen molar-refractivity contribution in [2.24, 2.45) is 0 Å². The van der Waals surface area contributed by atoms with E-state index in [0.717, 1.165) is 12.8 Å². The second kappa shape index (κ2) is 4.50. The number of allylic oxidation sites excluding steroid dienone is 1. The van der Waals surface area contributed by atoms with Gasteiger partial charge in [-0.05, 0) is 51.3 Å². The van der Waals surface area contributed by atoms with Crippen molar-refractivity contribution in [1.29, 1.82) is 0 Å². The summed E-state index contributed by atoms with van der Waals surface area (Å²) in [7, 11) is 0. The van der Waals surface area contributed by atoms with Gasteiger partial charge < -0.3 is 0 Å². The molecule has 3 aromatic rings. The fourth-order valence-electron chi connectivity index (χ4n) is 4.10. The summed E-state index contributed by atoms with van der Waals surface area (Å²) in [4.78, 5) is 0. The number of hydrogen-bond donors (Lipinski definition) is 0. The fraction of sp³-hybridized carbons (Fsp3) is 0.100. The molecule has 1 aliphatic heterocycles. The lowest BCUT2D eigenvalue weighted by atomic mass is 9.52. The molecule has 22 heavy (non-hydrogen) atoms. The van der Waals surface area contributed by atoms with Crippen molar-refractivity contribution in [3.05, 3.63) is 82.8 Å². The molecule has 0 bridgehead atoms. The van der Waals surface area contributed by atoms with Gasteiger partial charge in [-0.15, -0.1) is 0 Å². The third-order valence-electron chi connectivity index (χ3n) is 5.06. The number of rotatable bonds is 0. The van der Waals surface area contributed by atoms with Crippen molar-refractivity contribution in [3.63, 3.8) is 0 Å². The van der Waals surface area contributed by atoms with Crippen LogP contribution >= 0.6 is 11.5 Å². The summed E-state index contributed by atoms with van der Waals surface area (Å²) < 4.78 is 0. The van der Waals surface area contributed by atoms with Crippen LogP contribution in [0.25, 0.3) is 16.3 Å². The Bertz CT molecular complexity index is 950. The third-order valence-corrected chi connectivity index (χ3v) is 5.56. The van der Waals surface area contributed by atoms with E-state index in [9.17, 15) is 0 Å². The zero-order valence-electron chi connectivity index (χ0n) is 12.1. The van der Waals surface area contributed by atoms with Gasteiger partial charge in [-0.2, -0.15) is 11.5 Å². The average molecular weight is 301 g/mol. The first-order valence-corrected chi connectivity index (χ1v) is 8.25. The molecular weight excluding hydrogens is 286 g/mol. The first kappa shape index (κ1) is 12.5. The fourth-order valence-corrected chi connectivity index (χ4v) is 4.50. The lowest BCUT2D eigenvalue weighted by molar-refractivity contribution is 0.959. The molecule has 0 spiro atoms. The SMILES string of the molecule is ClB1C2=C(c3ccccc3CC2)c2cccc3cccc1c23. The van der Waals surface area contributed by atoms with E-state index in [2.05, 4.69) is 60.7 Å². The quantitative estimate of drug-likeness (QED) is 0.533. The van der Waals surface area contributed by atoms with Crippen LogP contribution in [-0.2, 0) is 6.42 Å². The Labute approximate surface area is 135 Å². The predicted octanol–water partition coefficient (Wildman–Crippen LogP) is 4.58. The summed E-state index contributed by atoms with van der Waals surface area (Å²) in [6.45, 7) is 0. The van der Waals surface area contributed by atoms with E-state index in [4.69, 9.17) is 11.5 Å². The molecule has 0 unspecified atom stereocenters. The highest BCUT2D eigenvalue weighted by molar-refractivity contribution is 7.19. The standard InChI is InChI=1S/C20H14BCl/c22-21-17-10-4-7-14-6-3-9-16(19(14)17)20-15-8-2-1-5-13(15)11-12-18(20)21/h1-10H,11-12H2. The Morgan fingerprint density at radius 3 is 2.45 bits per heavy atom. The Balaban J connectivity index is 1.93. The highest BCUT2D eigenvalue weighted by atomic mass is 35.5. The summed E-state index contributed by atoms with van der Waals surface area (Å²) in [5, 5.41) is 2.62. The van der Waals surface area contributed by atoms with Gasteiger partial charge in [0, 0.05) is 0 Å². The van der Waals surface area contributed by atoms with E-state index < -0.39 is 0 Å².